The molecule has 0 radical (unpaired) electrons. The number of rotatable bonds is 11. The van der Waals surface area contributed by atoms with E-state index in [2.05, 4.69) is 53.6 Å². The Morgan fingerprint density at radius 3 is 2.03 bits per heavy atom. The number of allylic oxidation sites excluding steroid dienone is 1. The number of aliphatic hydroxyl groups is 1. The molecule has 1 aromatic heterocycles. The maximum atomic E-state index is 12.2. The molecule has 34 heavy (non-hydrogen) atoms. The van der Waals surface area contributed by atoms with Gasteiger partial charge in [-0.2, -0.15) is 12.6 Å². The molecule has 3 N–H and O–H groups in total. The van der Waals surface area contributed by atoms with Crippen molar-refractivity contribution >= 4 is 30.2 Å². The van der Waals surface area contributed by atoms with E-state index in [4.69, 9.17) is 5.11 Å². The van der Waals surface area contributed by atoms with E-state index in [1.807, 2.05) is 55.5 Å². The van der Waals surface area contributed by atoms with Gasteiger partial charge >= 0.3 is 0 Å². The molecule has 0 aliphatic heterocycles. The fourth-order valence-electron chi connectivity index (χ4n) is 2.17. The number of nitrogens with zero attached hydrogens (tertiary/aromatic N) is 2. The van der Waals surface area contributed by atoms with Gasteiger partial charge in [0.25, 0.3) is 5.91 Å². The molecule has 0 unspecified atom stereocenters. The number of aliphatic hydroxyl groups excluding tert-OH is 1. The Bertz CT molecular complexity index is 529. The van der Waals surface area contributed by atoms with Gasteiger partial charge in [0.05, 0.1) is 6.61 Å². The first kappa shape index (κ1) is 42.4. The summed E-state index contributed by atoms with van der Waals surface area (Å²) in [5, 5.41) is 14.8. The number of pyridine rings is 1. The Labute approximate surface area is 218 Å². The summed E-state index contributed by atoms with van der Waals surface area (Å²) in [6.45, 7) is 23.4. The third-order valence-electron chi connectivity index (χ3n) is 3.52. The Hall–Kier alpha value is -1.73. The highest BCUT2D eigenvalue weighted by Gasteiger charge is 2.12. The number of hydrogen-bond acceptors (Lipinski definition) is 6. The van der Waals surface area contributed by atoms with Crippen LogP contribution in [0, 0.1) is 0 Å². The summed E-state index contributed by atoms with van der Waals surface area (Å²) in [6.07, 6.45) is 7.90. The summed E-state index contributed by atoms with van der Waals surface area (Å²) in [5.74, 6) is 1.31. The highest BCUT2D eigenvalue weighted by Crippen LogP contribution is 2.18. The number of thiol groups is 1. The summed E-state index contributed by atoms with van der Waals surface area (Å²) < 4.78 is 0. The second kappa shape index (κ2) is 38.5. The van der Waals surface area contributed by atoms with Crippen molar-refractivity contribution in [3.05, 3.63) is 30.4 Å². The predicted molar refractivity (Wildman–Crippen MR) is 160 cm³/mol. The van der Waals surface area contributed by atoms with Gasteiger partial charge < -0.3 is 20.6 Å². The molecule has 0 aromatic carbocycles. The van der Waals surface area contributed by atoms with Crippen LogP contribution in [0.3, 0.4) is 0 Å². The topological polar surface area (TPSA) is 77.5 Å². The maximum absolute atomic E-state index is 12.2. The lowest BCUT2D eigenvalue weighted by molar-refractivity contribution is 0.0944. The number of nitrogens with one attached hydrogen (secondary N) is 2. The molecule has 1 rings (SSSR count). The fourth-order valence-corrected chi connectivity index (χ4v) is 2.17. The second-order valence-electron chi connectivity index (χ2n) is 6.04. The number of amides is 1. The molecule has 0 saturated carbocycles. The zero-order valence-corrected chi connectivity index (χ0v) is 25.2. The average molecular weight is 503 g/mol. The van der Waals surface area contributed by atoms with Gasteiger partial charge in [0, 0.05) is 32.2 Å². The molecule has 7 heteroatoms. The van der Waals surface area contributed by atoms with E-state index >= 15 is 0 Å². The first-order chi connectivity index (χ1) is 16.5. The van der Waals surface area contributed by atoms with Gasteiger partial charge in [-0.3, -0.25) is 4.79 Å². The zero-order valence-electron chi connectivity index (χ0n) is 24.3. The third-order valence-corrected chi connectivity index (χ3v) is 3.52. The van der Waals surface area contributed by atoms with E-state index in [1.165, 1.54) is 12.8 Å². The average Bonchev–Trinajstić information content (AvgIpc) is 2.91. The number of carbonyl (C=O) groups is 1. The minimum absolute atomic E-state index is 0.0679. The Morgan fingerprint density at radius 2 is 1.59 bits per heavy atom. The molecule has 0 bridgehead atoms. The summed E-state index contributed by atoms with van der Waals surface area (Å²) in [6, 6.07) is 3.56. The van der Waals surface area contributed by atoms with Crippen LogP contribution in [0.2, 0.25) is 0 Å². The van der Waals surface area contributed by atoms with Crippen LogP contribution in [0.25, 0.3) is 0 Å². The molecule has 0 aliphatic rings. The summed E-state index contributed by atoms with van der Waals surface area (Å²) in [7, 11) is 2.00. The number of unbranched alkanes of at least 4 members (excludes halogenated alkanes) is 2. The number of hydrogen-bond donors (Lipinski definition) is 4. The lowest BCUT2D eigenvalue weighted by atomic mass is 10.2. The minimum atomic E-state index is -0.191. The predicted octanol–water partition coefficient (Wildman–Crippen LogP) is 7.07. The van der Waals surface area contributed by atoms with E-state index in [0.717, 1.165) is 31.7 Å². The van der Waals surface area contributed by atoms with Crippen molar-refractivity contribution in [2.45, 2.75) is 88.0 Å². The molecule has 0 aliphatic carbocycles. The standard InChI is InChI=1S/C17H30N4O2.C3H6.3C2H6.CH4S/c1-4-6-7-10-21(3)16-13-14(17(23)19-9-11-22)12-15(20-16)18-8-5-2;1-3-2;4*1-2/h12-13,22H,4-11H2,1-3H3,(H,18,20)(H,19,23);3H,1H2,2H3;3*1-2H3;2H,1H3. The van der Waals surface area contributed by atoms with Crippen LogP contribution in [-0.2, 0) is 0 Å². The van der Waals surface area contributed by atoms with Crippen molar-refractivity contribution in [2.75, 3.05) is 49.8 Å². The molecule has 0 spiro atoms. The number of anilines is 2. The molecular weight excluding hydrogens is 444 g/mol. The lowest BCUT2D eigenvalue weighted by Gasteiger charge is -2.20. The van der Waals surface area contributed by atoms with E-state index in [1.54, 1.807) is 24.5 Å². The minimum Gasteiger partial charge on any atom is -0.395 e. The summed E-state index contributed by atoms with van der Waals surface area (Å²) in [4.78, 5) is 18.8. The van der Waals surface area contributed by atoms with Crippen molar-refractivity contribution < 1.29 is 9.90 Å². The Kier molecular flexibility index (Phi) is 48.1. The summed E-state index contributed by atoms with van der Waals surface area (Å²) >= 11 is 3.53. The van der Waals surface area contributed by atoms with E-state index < -0.39 is 0 Å². The molecule has 6 nitrogen and oxygen atoms in total. The van der Waals surface area contributed by atoms with Crippen LogP contribution >= 0.6 is 12.6 Å². The number of carbonyl (C=O) groups excluding carboxylic acids is 1. The fraction of sp³-hybridized carbons (Fsp3) is 0.704. The quantitative estimate of drug-likeness (QED) is 0.148. The molecule has 204 valence electrons. The van der Waals surface area contributed by atoms with Crippen molar-refractivity contribution in [1.82, 2.24) is 10.3 Å². The maximum Gasteiger partial charge on any atom is 0.251 e. The molecule has 1 amide bonds. The van der Waals surface area contributed by atoms with Crippen LogP contribution < -0.4 is 15.5 Å². The van der Waals surface area contributed by atoms with Gasteiger partial charge in [-0.15, -0.1) is 6.58 Å². The van der Waals surface area contributed by atoms with Gasteiger partial charge in [0.15, 0.2) is 0 Å². The van der Waals surface area contributed by atoms with Crippen LogP contribution in [-0.4, -0.2) is 55.5 Å². The largest absolute Gasteiger partial charge is 0.395 e. The number of aromatic nitrogens is 1. The SMILES string of the molecule is C=CC.CC.CC.CC.CCCCCN(C)c1cc(C(=O)NCCO)cc(NCCC)n1.CS. The van der Waals surface area contributed by atoms with Gasteiger partial charge in [-0.05, 0) is 38.2 Å². The third kappa shape index (κ3) is 26.5. The highest BCUT2D eigenvalue weighted by molar-refractivity contribution is 7.79. The van der Waals surface area contributed by atoms with E-state index in [9.17, 15) is 4.79 Å². The van der Waals surface area contributed by atoms with Crippen molar-refractivity contribution in [3.63, 3.8) is 0 Å². The Balaban J connectivity index is -0.000000220. The molecule has 1 aromatic rings. The monoisotopic (exact) mass is 502 g/mol. The zero-order chi connectivity index (χ0) is 27.8. The van der Waals surface area contributed by atoms with E-state index in [0.29, 0.717) is 11.4 Å². The van der Waals surface area contributed by atoms with Gasteiger partial charge in [0.2, 0.25) is 0 Å². The van der Waals surface area contributed by atoms with Crippen LogP contribution in [0.5, 0.6) is 0 Å². The highest BCUT2D eigenvalue weighted by atomic mass is 32.1. The molecular formula is C27H58N4O2S. The molecule has 0 saturated heterocycles. The van der Waals surface area contributed by atoms with Gasteiger partial charge in [-0.25, -0.2) is 4.98 Å². The second-order valence-corrected chi connectivity index (χ2v) is 6.04. The first-order valence-corrected chi connectivity index (χ1v) is 13.8. The van der Waals surface area contributed by atoms with E-state index in [-0.39, 0.29) is 19.1 Å². The first-order valence-electron chi connectivity index (χ1n) is 12.9. The van der Waals surface area contributed by atoms with Crippen molar-refractivity contribution in [2.24, 2.45) is 0 Å². The Morgan fingerprint density at radius 1 is 1.06 bits per heavy atom. The normalized spacial score (nSPS) is 8.15. The van der Waals surface area contributed by atoms with Crippen molar-refractivity contribution in [3.8, 4) is 0 Å². The van der Waals surface area contributed by atoms with Gasteiger partial charge in [-0.1, -0.05) is 74.3 Å². The van der Waals surface area contributed by atoms with Crippen LogP contribution in [0.1, 0.15) is 98.4 Å². The molecule has 1 heterocycles. The van der Waals surface area contributed by atoms with Gasteiger partial charge in [0.1, 0.15) is 11.6 Å². The smallest absolute Gasteiger partial charge is 0.251 e. The van der Waals surface area contributed by atoms with Crippen LogP contribution in [0.15, 0.2) is 24.8 Å². The van der Waals surface area contributed by atoms with Crippen molar-refractivity contribution in [1.29, 1.82) is 0 Å². The molecule has 0 fully saturated rings. The lowest BCUT2D eigenvalue weighted by Crippen LogP contribution is -2.27. The molecule has 0 atom stereocenters. The summed E-state index contributed by atoms with van der Waals surface area (Å²) in [5.41, 5.74) is 0.560. The van der Waals surface area contributed by atoms with Crippen LogP contribution in [0.4, 0.5) is 11.6 Å².